The quantitative estimate of drug-likeness (QED) is 0.846. The molecule has 1 N–H and O–H groups in total. The second-order valence-corrected chi connectivity index (χ2v) is 3.63. The van der Waals surface area contributed by atoms with Crippen LogP contribution in [0.2, 0.25) is 5.02 Å². The number of carboxylic acids is 1. The van der Waals surface area contributed by atoms with Crippen LogP contribution in [0.3, 0.4) is 0 Å². The molecule has 0 saturated heterocycles. The fourth-order valence-electron chi connectivity index (χ4n) is 1.13. The zero-order chi connectivity index (χ0) is 13.0. The SMILES string of the molecule is C/C(=C\c1cc(Cl)ccc1OC(F)F)C(=O)O. The average molecular weight is 263 g/mol. The molecule has 1 aromatic rings. The summed E-state index contributed by atoms with van der Waals surface area (Å²) in [6.45, 7) is -1.64. The van der Waals surface area contributed by atoms with Gasteiger partial charge in [0.1, 0.15) is 5.75 Å². The van der Waals surface area contributed by atoms with Gasteiger partial charge < -0.3 is 9.84 Å². The number of carbonyl (C=O) groups is 1. The third kappa shape index (κ3) is 4.03. The molecule has 0 amide bonds. The minimum atomic E-state index is -2.98. The number of halogens is 3. The molecule has 0 bridgehead atoms. The maximum atomic E-state index is 12.1. The molecule has 0 unspecified atom stereocenters. The number of benzene rings is 1. The molecule has 0 fully saturated rings. The molecule has 1 rings (SSSR count). The Morgan fingerprint density at radius 3 is 2.71 bits per heavy atom. The van der Waals surface area contributed by atoms with E-state index in [1.807, 2.05) is 0 Å². The van der Waals surface area contributed by atoms with Crippen molar-refractivity contribution in [1.82, 2.24) is 0 Å². The number of hydrogen-bond acceptors (Lipinski definition) is 2. The van der Waals surface area contributed by atoms with Crippen LogP contribution >= 0.6 is 11.6 Å². The van der Waals surface area contributed by atoms with Gasteiger partial charge in [0.2, 0.25) is 0 Å². The Bertz CT molecular complexity index is 458. The van der Waals surface area contributed by atoms with E-state index in [2.05, 4.69) is 4.74 Å². The third-order valence-electron chi connectivity index (χ3n) is 1.90. The van der Waals surface area contributed by atoms with Crippen molar-refractivity contribution in [2.75, 3.05) is 0 Å². The average Bonchev–Trinajstić information content (AvgIpc) is 2.21. The zero-order valence-electron chi connectivity index (χ0n) is 8.78. The molecule has 3 nitrogen and oxygen atoms in total. The first-order chi connectivity index (χ1) is 7.90. The number of rotatable bonds is 4. The van der Waals surface area contributed by atoms with Gasteiger partial charge in [-0.15, -0.1) is 0 Å². The molecular weight excluding hydrogens is 254 g/mol. The van der Waals surface area contributed by atoms with Crippen LogP contribution < -0.4 is 4.74 Å². The van der Waals surface area contributed by atoms with E-state index in [9.17, 15) is 13.6 Å². The van der Waals surface area contributed by atoms with Gasteiger partial charge in [-0.25, -0.2) is 4.79 Å². The summed E-state index contributed by atoms with van der Waals surface area (Å²) in [5.74, 6) is -1.27. The van der Waals surface area contributed by atoms with Crippen LogP contribution in [0, 0.1) is 0 Å². The molecule has 0 saturated carbocycles. The summed E-state index contributed by atoms with van der Waals surface area (Å²) in [6.07, 6.45) is 1.21. The molecule has 0 aliphatic carbocycles. The van der Waals surface area contributed by atoms with Crippen LogP contribution in [0.5, 0.6) is 5.75 Å². The van der Waals surface area contributed by atoms with Crippen molar-refractivity contribution in [1.29, 1.82) is 0 Å². The molecule has 0 heterocycles. The first kappa shape index (κ1) is 13.4. The van der Waals surface area contributed by atoms with Crippen LogP contribution in [0.25, 0.3) is 6.08 Å². The highest BCUT2D eigenvalue weighted by Crippen LogP contribution is 2.26. The molecule has 6 heteroatoms. The second-order valence-electron chi connectivity index (χ2n) is 3.19. The normalized spacial score (nSPS) is 11.7. The van der Waals surface area contributed by atoms with Crippen LogP contribution in [-0.4, -0.2) is 17.7 Å². The summed E-state index contributed by atoms with van der Waals surface area (Å²) in [5, 5.41) is 9.00. The molecule has 0 aliphatic heterocycles. The lowest BCUT2D eigenvalue weighted by Gasteiger charge is -2.08. The second kappa shape index (κ2) is 5.63. The van der Waals surface area contributed by atoms with E-state index in [0.29, 0.717) is 5.02 Å². The van der Waals surface area contributed by atoms with E-state index >= 15 is 0 Å². The van der Waals surface area contributed by atoms with Gasteiger partial charge in [0, 0.05) is 16.2 Å². The highest BCUT2D eigenvalue weighted by atomic mass is 35.5. The first-order valence-corrected chi connectivity index (χ1v) is 4.94. The van der Waals surface area contributed by atoms with Crippen molar-refractivity contribution in [3.8, 4) is 5.75 Å². The predicted octanol–water partition coefficient (Wildman–Crippen LogP) is 3.43. The van der Waals surface area contributed by atoms with Gasteiger partial charge in [-0.1, -0.05) is 11.6 Å². The summed E-state index contributed by atoms with van der Waals surface area (Å²) < 4.78 is 28.5. The number of aliphatic carboxylic acids is 1. The van der Waals surface area contributed by atoms with E-state index in [4.69, 9.17) is 16.7 Å². The Morgan fingerprint density at radius 2 is 2.18 bits per heavy atom. The topological polar surface area (TPSA) is 46.5 Å². The van der Waals surface area contributed by atoms with Gasteiger partial charge in [0.25, 0.3) is 0 Å². The number of ether oxygens (including phenoxy) is 1. The lowest BCUT2D eigenvalue weighted by atomic mass is 10.1. The highest BCUT2D eigenvalue weighted by Gasteiger charge is 2.10. The Kier molecular flexibility index (Phi) is 4.45. The van der Waals surface area contributed by atoms with E-state index in [1.165, 1.54) is 31.2 Å². The largest absolute Gasteiger partial charge is 0.478 e. The molecule has 0 spiro atoms. The zero-order valence-corrected chi connectivity index (χ0v) is 9.54. The lowest BCUT2D eigenvalue weighted by molar-refractivity contribution is -0.132. The summed E-state index contributed by atoms with van der Waals surface area (Å²) in [6, 6.07) is 3.99. The predicted molar refractivity (Wildman–Crippen MR) is 59.4 cm³/mol. The van der Waals surface area contributed by atoms with Crippen molar-refractivity contribution in [3.63, 3.8) is 0 Å². The maximum absolute atomic E-state index is 12.1. The molecule has 92 valence electrons. The molecule has 0 radical (unpaired) electrons. The van der Waals surface area contributed by atoms with Crippen molar-refractivity contribution >= 4 is 23.6 Å². The molecular formula is C11H9ClF2O3. The highest BCUT2D eigenvalue weighted by molar-refractivity contribution is 6.30. The van der Waals surface area contributed by atoms with Crippen LogP contribution in [0.1, 0.15) is 12.5 Å². The Balaban J connectivity index is 3.15. The van der Waals surface area contributed by atoms with Crippen LogP contribution in [0.15, 0.2) is 23.8 Å². The van der Waals surface area contributed by atoms with Crippen LogP contribution in [0.4, 0.5) is 8.78 Å². The van der Waals surface area contributed by atoms with Gasteiger partial charge >= 0.3 is 12.6 Å². The van der Waals surface area contributed by atoms with Crippen LogP contribution in [-0.2, 0) is 4.79 Å². The van der Waals surface area contributed by atoms with E-state index in [0.717, 1.165) is 0 Å². The summed E-state index contributed by atoms with van der Waals surface area (Å²) >= 11 is 5.70. The summed E-state index contributed by atoms with van der Waals surface area (Å²) in [5.41, 5.74) is 0.184. The van der Waals surface area contributed by atoms with Gasteiger partial charge in [0.05, 0.1) is 0 Å². The van der Waals surface area contributed by atoms with E-state index < -0.39 is 12.6 Å². The Hall–Kier alpha value is -1.62. The van der Waals surface area contributed by atoms with Crippen molar-refractivity contribution in [2.45, 2.75) is 13.5 Å². The number of hydrogen-bond donors (Lipinski definition) is 1. The lowest BCUT2D eigenvalue weighted by Crippen LogP contribution is -2.03. The summed E-state index contributed by atoms with van der Waals surface area (Å²) in [7, 11) is 0. The summed E-state index contributed by atoms with van der Waals surface area (Å²) in [4.78, 5) is 10.6. The molecule has 17 heavy (non-hydrogen) atoms. The van der Waals surface area contributed by atoms with Gasteiger partial charge in [-0.05, 0) is 31.2 Å². The first-order valence-electron chi connectivity index (χ1n) is 4.56. The smallest absolute Gasteiger partial charge is 0.387 e. The number of carboxylic acid groups (broad SMARTS) is 1. The van der Waals surface area contributed by atoms with Gasteiger partial charge in [0.15, 0.2) is 0 Å². The van der Waals surface area contributed by atoms with Gasteiger partial charge in [-0.2, -0.15) is 8.78 Å². The van der Waals surface area contributed by atoms with Crippen molar-refractivity contribution in [3.05, 3.63) is 34.4 Å². The van der Waals surface area contributed by atoms with Crippen molar-refractivity contribution in [2.24, 2.45) is 0 Å². The fourth-order valence-corrected chi connectivity index (χ4v) is 1.31. The minimum absolute atomic E-state index is 0.00798. The molecule has 1 aromatic carbocycles. The Morgan fingerprint density at radius 1 is 1.53 bits per heavy atom. The van der Waals surface area contributed by atoms with E-state index in [-0.39, 0.29) is 16.9 Å². The number of alkyl halides is 2. The minimum Gasteiger partial charge on any atom is -0.478 e. The third-order valence-corrected chi connectivity index (χ3v) is 2.13. The van der Waals surface area contributed by atoms with Gasteiger partial charge in [-0.3, -0.25) is 0 Å². The molecule has 0 aliphatic rings. The standard InChI is InChI=1S/C11H9ClF2O3/c1-6(10(15)16)4-7-5-8(12)2-3-9(7)17-11(13)14/h2-5,11H,1H3,(H,15,16)/b6-4+. The molecule has 0 atom stereocenters. The monoisotopic (exact) mass is 262 g/mol. The fraction of sp³-hybridized carbons (Fsp3) is 0.182. The Labute approximate surface area is 101 Å². The maximum Gasteiger partial charge on any atom is 0.387 e. The van der Waals surface area contributed by atoms with Crippen molar-refractivity contribution < 1.29 is 23.4 Å². The van der Waals surface area contributed by atoms with E-state index in [1.54, 1.807) is 0 Å². The molecule has 0 aromatic heterocycles.